The molecule has 2 heteroatoms. The van der Waals surface area contributed by atoms with Gasteiger partial charge in [-0.25, -0.2) is 0 Å². The van der Waals surface area contributed by atoms with E-state index in [1.165, 1.54) is 56.4 Å². The van der Waals surface area contributed by atoms with Gasteiger partial charge in [-0.3, -0.25) is 0 Å². The Hall–Kier alpha value is -0.500. The molecule has 1 aliphatic carbocycles. The maximum Gasteiger partial charge on any atom is 0.0423 e. The van der Waals surface area contributed by atoms with Crippen LogP contribution in [0.25, 0.3) is 0 Å². The van der Waals surface area contributed by atoms with E-state index < -0.39 is 0 Å². The van der Waals surface area contributed by atoms with Crippen LogP contribution < -0.4 is 4.90 Å². The lowest BCUT2D eigenvalue weighted by Crippen LogP contribution is -2.29. The maximum atomic E-state index is 3.82. The topological polar surface area (TPSA) is 3.24 Å². The molecule has 92 valence electrons. The molecule has 3 rings (SSSR count). The van der Waals surface area contributed by atoms with Gasteiger partial charge in [-0.2, -0.15) is 0 Å². The van der Waals surface area contributed by atoms with Gasteiger partial charge in [0.1, 0.15) is 0 Å². The minimum Gasteiger partial charge on any atom is -0.372 e. The smallest absolute Gasteiger partial charge is 0.0423 e. The number of piperidine rings is 1. The molecule has 0 N–H and O–H groups in total. The fourth-order valence-electron chi connectivity index (χ4n) is 2.68. The van der Waals surface area contributed by atoms with E-state index in [-0.39, 0.29) is 0 Å². The monoisotopic (exact) mass is 293 g/mol. The van der Waals surface area contributed by atoms with Gasteiger partial charge >= 0.3 is 0 Å². The summed E-state index contributed by atoms with van der Waals surface area (Å²) < 4.78 is 0. The first-order valence-electron chi connectivity index (χ1n) is 6.83. The first kappa shape index (κ1) is 11.6. The molecule has 1 saturated heterocycles. The fraction of sp³-hybridized carbons (Fsp3) is 0.600. The van der Waals surface area contributed by atoms with Crippen LogP contribution in [0.3, 0.4) is 0 Å². The zero-order valence-corrected chi connectivity index (χ0v) is 11.8. The number of hydrogen-bond donors (Lipinski definition) is 0. The summed E-state index contributed by atoms with van der Waals surface area (Å²) >= 11 is 3.82. The zero-order valence-electron chi connectivity index (χ0n) is 10.2. The maximum absolute atomic E-state index is 3.82. The molecule has 1 atom stereocenters. The Morgan fingerprint density at radius 1 is 1.00 bits per heavy atom. The van der Waals surface area contributed by atoms with Crippen LogP contribution in [0.4, 0.5) is 5.69 Å². The van der Waals surface area contributed by atoms with Gasteiger partial charge in [0.15, 0.2) is 0 Å². The van der Waals surface area contributed by atoms with Gasteiger partial charge in [0, 0.05) is 23.6 Å². The SMILES string of the molecule is BrC(c1ccc(N2CCCCC2)cc1)C1CC1. The van der Waals surface area contributed by atoms with E-state index >= 15 is 0 Å². The van der Waals surface area contributed by atoms with Crippen molar-refractivity contribution >= 4 is 21.6 Å². The molecule has 1 heterocycles. The lowest BCUT2D eigenvalue weighted by Gasteiger charge is -2.29. The van der Waals surface area contributed by atoms with Crippen LogP contribution >= 0.6 is 15.9 Å². The van der Waals surface area contributed by atoms with Gasteiger partial charge in [-0.1, -0.05) is 28.1 Å². The molecular weight excluding hydrogens is 274 g/mol. The summed E-state index contributed by atoms with van der Waals surface area (Å²) in [6, 6.07) is 9.22. The van der Waals surface area contributed by atoms with Gasteiger partial charge in [-0.05, 0) is 55.7 Å². The lowest BCUT2D eigenvalue weighted by atomic mass is 10.1. The predicted molar refractivity (Wildman–Crippen MR) is 76.9 cm³/mol. The number of nitrogens with zero attached hydrogens (tertiary/aromatic N) is 1. The number of hydrogen-bond acceptors (Lipinski definition) is 1. The highest BCUT2D eigenvalue weighted by molar-refractivity contribution is 9.09. The summed E-state index contributed by atoms with van der Waals surface area (Å²) in [6.07, 6.45) is 6.89. The van der Waals surface area contributed by atoms with Crippen molar-refractivity contribution in [3.63, 3.8) is 0 Å². The highest BCUT2D eigenvalue weighted by Gasteiger charge is 2.30. The molecule has 0 radical (unpaired) electrons. The summed E-state index contributed by atoms with van der Waals surface area (Å²) in [6.45, 7) is 2.47. The normalized spacial score (nSPS) is 22.5. The molecular formula is C15H20BrN. The van der Waals surface area contributed by atoms with Crippen molar-refractivity contribution in [1.29, 1.82) is 0 Å². The molecule has 1 aromatic rings. The molecule has 17 heavy (non-hydrogen) atoms. The molecule has 2 aliphatic rings. The second-order valence-electron chi connectivity index (χ2n) is 5.38. The van der Waals surface area contributed by atoms with Crippen molar-refractivity contribution in [2.45, 2.75) is 36.9 Å². The molecule has 1 aliphatic heterocycles. The van der Waals surface area contributed by atoms with E-state index in [9.17, 15) is 0 Å². The molecule has 1 aromatic carbocycles. The Morgan fingerprint density at radius 3 is 2.24 bits per heavy atom. The standard InChI is InChI=1S/C15H20BrN/c16-15(12-4-5-12)13-6-8-14(9-7-13)17-10-2-1-3-11-17/h6-9,12,15H,1-5,10-11H2. The third-order valence-electron chi connectivity index (χ3n) is 3.97. The summed E-state index contributed by atoms with van der Waals surface area (Å²) in [5.74, 6) is 0.885. The Balaban J connectivity index is 1.70. The van der Waals surface area contributed by atoms with E-state index in [0.29, 0.717) is 4.83 Å². The number of benzene rings is 1. The van der Waals surface area contributed by atoms with Crippen molar-refractivity contribution in [3.8, 4) is 0 Å². The number of halogens is 1. The van der Waals surface area contributed by atoms with Gasteiger partial charge < -0.3 is 4.90 Å². The van der Waals surface area contributed by atoms with Crippen LogP contribution in [-0.4, -0.2) is 13.1 Å². The molecule has 1 nitrogen and oxygen atoms in total. The average molecular weight is 294 g/mol. The summed E-state index contributed by atoms with van der Waals surface area (Å²) in [4.78, 5) is 3.10. The van der Waals surface area contributed by atoms with E-state index in [0.717, 1.165) is 5.92 Å². The molecule has 0 amide bonds. The van der Waals surface area contributed by atoms with Crippen molar-refractivity contribution in [1.82, 2.24) is 0 Å². The highest BCUT2D eigenvalue weighted by Crippen LogP contribution is 2.46. The van der Waals surface area contributed by atoms with Gasteiger partial charge in [-0.15, -0.1) is 0 Å². The van der Waals surface area contributed by atoms with E-state index in [2.05, 4.69) is 45.1 Å². The molecule has 2 fully saturated rings. The zero-order chi connectivity index (χ0) is 11.7. The van der Waals surface area contributed by atoms with Gasteiger partial charge in [0.25, 0.3) is 0 Å². The largest absolute Gasteiger partial charge is 0.372 e. The molecule has 0 bridgehead atoms. The summed E-state index contributed by atoms with van der Waals surface area (Å²) in [7, 11) is 0. The van der Waals surface area contributed by atoms with Crippen molar-refractivity contribution < 1.29 is 0 Å². The van der Waals surface area contributed by atoms with Crippen LogP contribution in [0.2, 0.25) is 0 Å². The van der Waals surface area contributed by atoms with Crippen LogP contribution in [-0.2, 0) is 0 Å². The van der Waals surface area contributed by atoms with Gasteiger partial charge in [0.2, 0.25) is 0 Å². The highest BCUT2D eigenvalue weighted by atomic mass is 79.9. The quantitative estimate of drug-likeness (QED) is 0.741. The molecule has 1 unspecified atom stereocenters. The molecule has 0 aromatic heterocycles. The Kier molecular flexibility index (Phi) is 3.41. The minimum absolute atomic E-state index is 0.581. The van der Waals surface area contributed by atoms with Crippen LogP contribution in [0.5, 0.6) is 0 Å². The predicted octanol–water partition coefficient (Wildman–Crippen LogP) is 4.52. The molecule has 1 saturated carbocycles. The van der Waals surface area contributed by atoms with E-state index in [4.69, 9.17) is 0 Å². The first-order chi connectivity index (χ1) is 8.34. The third-order valence-corrected chi connectivity index (χ3v) is 5.24. The third kappa shape index (κ3) is 2.67. The Bertz CT molecular complexity index is 363. The number of anilines is 1. The average Bonchev–Trinajstić information content (AvgIpc) is 3.24. The first-order valence-corrected chi connectivity index (χ1v) is 7.75. The van der Waals surface area contributed by atoms with E-state index in [1.54, 1.807) is 0 Å². The van der Waals surface area contributed by atoms with Crippen LogP contribution in [0.1, 0.15) is 42.5 Å². The van der Waals surface area contributed by atoms with Gasteiger partial charge in [0.05, 0.1) is 0 Å². The van der Waals surface area contributed by atoms with Crippen molar-refractivity contribution in [2.75, 3.05) is 18.0 Å². The summed E-state index contributed by atoms with van der Waals surface area (Å²) in [5, 5.41) is 0. The van der Waals surface area contributed by atoms with Crippen molar-refractivity contribution in [2.24, 2.45) is 5.92 Å². The second-order valence-corrected chi connectivity index (χ2v) is 6.36. The fourth-order valence-corrected chi connectivity index (χ4v) is 3.52. The lowest BCUT2D eigenvalue weighted by molar-refractivity contribution is 0.578. The summed E-state index contributed by atoms with van der Waals surface area (Å²) in [5.41, 5.74) is 2.86. The van der Waals surface area contributed by atoms with Crippen LogP contribution in [0, 0.1) is 5.92 Å². The molecule has 0 spiro atoms. The number of rotatable bonds is 3. The van der Waals surface area contributed by atoms with E-state index in [1.807, 2.05) is 0 Å². The Morgan fingerprint density at radius 2 is 1.65 bits per heavy atom. The number of alkyl halides is 1. The minimum atomic E-state index is 0.581. The Labute approximate surface area is 112 Å². The van der Waals surface area contributed by atoms with Crippen LogP contribution in [0.15, 0.2) is 24.3 Å². The van der Waals surface area contributed by atoms with Crippen molar-refractivity contribution in [3.05, 3.63) is 29.8 Å². The second kappa shape index (κ2) is 5.01.